The van der Waals surface area contributed by atoms with Gasteiger partial charge in [-0.25, -0.2) is 4.39 Å². The van der Waals surface area contributed by atoms with Crippen molar-refractivity contribution in [2.24, 2.45) is 0 Å². The van der Waals surface area contributed by atoms with E-state index in [1.807, 2.05) is 0 Å². The number of carbonyl (C=O) groups excluding carboxylic acids is 2. The molecule has 1 amide bonds. The molecule has 4 rings (SSSR count). The van der Waals surface area contributed by atoms with Crippen LogP contribution in [0.4, 0.5) is 10.1 Å². The molecule has 28 heavy (non-hydrogen) atoms. The van der Waals surface area contributed by atoms with Crippen LogP contribution in [-0.2, 0) is 0 Å². The van der Waals surface area contributed by atoms with Crippen LogP contribution in [0.25, 0.3) is 11.0 Å². The molecule has 1 heterocycles. The molecule has 3 aromatic carbocycles. The number of rotatable bonds is 4. The summed E-state index contributed by atoms with van der Waals surface area (Å²) in [5.74, 6) is -1.29. The second-order valence-corrected chi connectivity index (χ2v) is 6.54. The van der Waals surface area contributed by atoms with Gasteiger partial charge in [-0.05, 0) is 60.7 Å². The highest BCUT2D eigenvalue weighted by atomic mass is 35.5. The van der Waals surface area contributed by atoms with Crippen molar-refractivity contribution in [3.63, 3.8) is 0 Å². The Labute approximate surface area is 164 Å². The number of ketones is 1. The molecule has 6 heteroatoms. The lowest BCUT2D eigenvalue weighted by atomic mass is 10.1. The number of hydrogen-bond acceptors (Lipinski definition) is 3. The highest BCUT2D eigenvalue weighted by Crippen LogP contribution is 2.33. The Bertz CT molecular complexity index is 1180. The van der Waals surface area contributed by atoms with Crippen molar-refractivity contribution in [2.45, 2.75) is 0 Å². The second kappa shape index (κ2) is 7.29. The lowest BCUT2D eigenvalue weighted by Gasteiger charge is -2.06. The second-order valence-electron chi connectivity index (χ2n) is 6.10. The standard InChI is InChI=1S/C22H13ClFNO3/c23-15-9-5-13(6-10-15)20(26)21-19(17-3-1-2-4-18(17)28-21)25-22(27)14-7-11-16(24)12-8-14/h1-12H,(H,25,27). The molecule has 4 nitrogen and oxygen atoms in total. The molecule has 0 radical (unpaired) electrons. The van der Waals surface area contributed by atoms with Gasteiger partial charge in [-0.3, -0.25) is 9.59 Å². The predicted octanol–water partition coefficient (Wildman–Crippen LogP) is 5.71. The van der Waals surface area contributed by atoms with E-state index in [1.54, 1.807) is 48.5 Å². The van der Waals surface area contributed by atoms with Crippen LogP contribution in [0.1, 0.15) is 26.5 Å². The molecule has 4 aromatic rings. The molecule has 0 aliphatic rings. The Morgan fingerprint density at radius 1 is 0.857 bits per heavy atom. The smallest absolute Gasteiger partial charge is 0.255 e. The molecule has 0 spiro atoms. The first-order chi connectivity index (χ1) is 13.5. The van der Waals surface area contributed by atoms with Crippen LogP contribution in [0, 0.1) is 5.82 Å². The molecule has 1 N–H and O–H groups in total. The van der Waals surface area contributed by atoms with E-state index < -0.39 is 11.7 Å². The summed E-state index contributed by atoms with van der Waals surface area (Å²) in [6.45, 7) is 0. The van der Waals surface area contributed by atoms with Gasteiger partial charge in [-0.2, -0.15) is 0 Å². The predicted molar refractivity (Wildman–Crippen MR) is 105 cm³/mol. The van der Waals surface area contributed by atoms with E-state index >= 15 is 0 Å². The van der Waals surface area contributed by atoms with Crippen molar-refractivity contribution in [2.75, 3.05) is 5.32 Å². The van der Waals surface area contributed by atoms with Gasteiger partial charge in [0.25, 0.3) is 5.91 Å². The van der Waals surface area contributed by atoms with E-state index in [0.29, 0.717) is 21.6 Å². The summed E-state index contributed by atoms with van der Waals surface area (Å²) < 4.78 is 18.9. The summed E-state index contributed by atoms with van der Waals surface area (Å²) in [7, 11) is 0. The molecule has 1 aromatic heterocycles. The number of fused-ring (bicyclic) bond motifs is 1. The third kappa shape index (κ3) is 3.40. The summed E-state index contributed by atoms with van der Waals surface area (Å²) in [5, 5.41) is 3.83. The van der Waals surface area contributed by atoms with Crippen LogP contribution in [0.5, 0.6) is 0 Å². The number of furan rings is 1. The zero-order valence-corrected chi connectivity index (χ0v) is 15.2. The van der Waals surface area contributed by atoms with Crippen molar-refractivity contribution in [3.05, 3.63) is 101 Å². The van der Waals surface area contributed by atoms with E-state index in [0.717, 1.165) is 0 Å². The molecule has 0 fully saturated rings. The molecule has 0 bridgehead atoms. The van der Waals surface area contributed by atoms with Gasteiger partial charge < -0.3 is 9.73 Å². The van der Waals surface area contributed by atoms with E-state index in [9.17, 15) is 14.0 Å². The maximum absolute atomic E-state index is 13.1. The van der Waals surface area contributed by atoms with Crippen LogP contribution < -0.4 is 5.32 Å². The molecular weight excluding hydrogens is 381 g/mol. The van der Waals surface area contributed by atoms with Crippen LogP contribution in [-0.4, -0.2) is 11.7 Å². The lowest BCUT2D eigenvalue weighted by Crippen LogP contribution is -2.14. The highest BCUT2D eigenvalue weighted by Gasteiger charge is 2.23. The number of amides is 1. The number of carbonyl (C=O) groups is 2. The summed E-state index contributed by atoms with van der Waals surface area (Å²) in [5.41, 5.74) is 1.37. The number of anilines is 1. The Morgan fingerprint density at radius 2 is 1.50 bits per heavy atom. The summed E-state index contributed by atoms with van der Waals surface area (Å²) in [6, 6.07) is 18.5. The van der Waals surface area contributed by atoms with Crippen molar-refractivity contribution < 1.29 is 18.4 Å². The first-order valence-electron chi connectivity index (χ1n) is 8.41. The number of para-hydroxylation sites is 1. The minimum atomic E-state index is -0.475. The van der Waals surface area contributed by atoms with Gasteiger partial charge in [-0.15, -0.1) is 0 Å². The van der Waals surface area contributed by atoms with Crippen molar-refractivity contribution in [1.29, 1.82) is 0 Å². The molecular formula is C22H13ClFNO3. The fourth-order valence-corrected chi connectivity index (χ4v) is 2.97. The molecule has 0 saturated carbocycles. The molecule has 0 atom stereocenters. The van der Waals surface area contributed by atoms with Gasteiger partial charge in [0, 0.05) is 21.5 Å². The largest absolute Gasteiger partial charge is 0.450 e. The van der Waals surface area contributed by atoms with Gasteiger partial charge in [0.05, 0.1) is 5.69 Å². The van der Waals surface area contributed by atoms with Crippen molar-refractivity contribution in [3.8, 4) is 0 Å². The Balaban J connectivity index is 1.77. The first kappa shape index (κ1) is 17.9. The van der Waals surface area contributed by atoms with E-state index in [-0.39, 0.29) is 22.8 Å². The van der Waals surface area contributed by atoms with E-state index in [1.165, 1.54) is 24.3 Å². The fourth-order valence-electron chi connectivity index (χ4n) is 2.85. The minimum Gasteiger partial charge on any atom is -0.450 e. The average Bonchev–Trinajstić information content (AvgIpc) is 3.07. The van der Waals surface area contributed by atoms with Gasteiger partial charge in [0.1, 0.15) is 11.4 Å². The normalized spacial score (nSPS) is 10.8. The Morgan fingerprint density at radius 3 is 2.21 bits per heavy atom. The van der Waals surface area contributed by atoms with Gasteiger partial charge in [-0.1, -0.05) is 23.7 Å². The number of nitrogens with one attached hydrogen (secondary N) is 1. The summed E-state index contributed by atoms with van der Waals surface area (Å²) >= 11 is 5.89. The third-order valence-electron chi connectivity index (χ3n) is 4.25. The van der Waals surface area contributed by atoms with Crippen molar-refractivity contribution in [1.82, 2.24) is 0 Å². The zero-order chi connectivity index (χ0) is 19.7. The quantitative estimate of drug-likeness (QED) is 0.452. The van der Waals surface area contributed by atoms with Crippen LogP contribution in [0.15, 0.2) is 77.2 Å². The maximum Gasteiger partial charge on any atom is 0.255 e. The van der Waals surface area contributed by atoms with Crippen LogP contribution in [0.3, 0.4) is 0 Å². The summed E-state index contributed by atoms with van der Waals surface area (Å²) in [6.07, 6.45) is 0. The minimum absolute atomic E-state index is 0.0129. The summed E-state index contributed by atoms with van der Waals surface area (Å²) in [4.78, 5) is 25.6. The molecule has 0 aliphatic carbocycles. The van der Waals surface area contributed by atoms with Crippen LogP contribution in [0.2, 0.25) is 5.02 Å². The third-order valence-corrected chi connectivity index (χ3v) is 4.51. The Kier molecular flexibility index (Phi) is 4.67. The SMILES string of the molecule is O=C(Nc1c(C(=O)c2ccc(Cl)cc2)oc2ccccc12)c1ccc(F)cc1. The average molecular weight is 394 g/mol. The van der Waals surface area contributed by atoms with E-state index in [2.05, 4.69) is 5.32 Å². The molecule has 138 valence electrons. The van der Waals surface area contributed by atoms with Crippen molar-refractivity contribution >= 4 is 39.9 Å². The topological polar surface area (TPSA) is 59.3 Å². The fraction of sp³-hybridized carbons (Fsp3) is 0. The monoisotopic (exact) mass is 393 g/mol. The number of halogens is 2. The molecule has 0 unspecified atom stereocenters. The lowest BCUT2D eigenvalue weighted by molar-refractivity contribution is 0.101. The maximum atomic E-state index is 13.1. The Hall–Kier alpha value is -3.44. The van der Waals surface area contributed by atoms with Gasteiger partial charge >= 0.3 is 0 Å². The zero-order valence-electron chi connectivity index (χ0n) is 14.4. The molecule has 0 aliphatic heterocycles. The van der Waals surface area contributed by atoms with E-state index in [4.69, 9.17) is 16.0 Å². The first-order valence-corrected chi connectivity index (χ1v) is 8.79. The highest BCUT2D eigenvalue weighted by molar-refractivity contribution is 6.30. The number of benzene rings is 3. The van der Waals surface area contributed by atoms with Gasteiger partial charge in [0.15, 0.2) is 5.76 Å². The van der Waals surface area contributed by atoms with Crippen LogP contribution >= 0.6 is 11.6 Å². The van der Waals surface area contributed by atoms with Gasteiger partial charge in [0.2, 0.25) is 5.78 Å². The number of hydrogen-bond donors (Lipinski definition) is 1. The molecule has 0 saturated heterocycles.